The lowest BCUT2D eigenvalue weighted by Crippen LogP contribution is -2.40. The molecule has 1 aliphatic carbocycles. The van der Waals surface area contributed by atoms with Gasteiger partial charge in [0.2, 0.25) is 5.91 Å². The van der Waals surface area contributed by atoms with E-state index in [9.17, 15) is 14.4 Å². The first-order valence-electron chi connectivity index (χ1n) is 10.1. The van der Waals surface area contributed by atoms with Gasteiger partial charge in [-0.15, -0.1) is 0 Å². The van der Waals surface area contributed by atoms with Gasteiger partial charge in [0.05, 0.1) is 0 Å². The van der Waals surface area contributed by atoms with Gasteiger partial charge in [-0.05, 0) is 56.5 Å². The fourth-order valence-corrected chi connectivity index (χ4v) is 3.63. The highest BCUT2D eigenvalue weighted by Crippen LogP contribution is 2.17. The van der Waals surface area contributed by atoms with Crippen LogP contribution in [-0.2, 0) is 11.3 Å². The Kier molecular flexibility index (Phi) is 6.69. The second-order valence-corrected chi connectivity index (χ2v) is 7.63. The maximum atomic E-state index is 12.8. The predicted octanol–water partition coefficient (Wildman–Crippen LogP) is 3.56. The number of hydrogen-bond donors (Lipinski definition) is 3. The van der Waals surface area contributed by atoms with Crippen molar-refractivity contribution < 1.29 is 9.59 Å². The molecule has 7 nitrogen and oxygen atoms in total. The fraction of sp³-hybridized carbons (Fsp3) is 0.409. The number of pyridine rings is 1. The Morgan fingerprint density at radius 3 is 2.52 bits per heavy atom. The second kappa shape index (κ2) is 9.41. The molecule has 1 saturated carbocycles. The van der Waals surface area contributed by atoms with Crippen molar-refractivity contribution in [3.8, 4) is 0 Å². The van der Waals surface area contributed by atoms with Crippen LogP contribution in [0.5, 0.6) is 0 Å². The molecule has 3 amide bonds. The third kappa shape index (κ3) is 5.70. The van der Waals surface area contributed by atoms with Crippen molar-refractivity contribution in [1.82, 2.24) is 9.88 Å². The van der Waals surface area contributed by atoms with Crippen molar-refractivity contribution in [2.24, 2.45) is 0 Å². The van der Waals surface area contributed by atoms with Crippen LogP contribution in [0.2, 0.25) is 0 Å². The summed E-state index contributed by atoms with van der Waals surface area (Å²) in [5.41, 5.74) is 2.05. The maximum Gasteiger partial charge on any atom is 0.323 e. The number of benzene rings is 1. The lowest BCUT2D eigenvalue weighted by atomic mass is 9.95. The van der Waals surface area contributed by atoms with Crippen molar-refractivity contribution in [3.05, 3.63) is 58.0 Å². The summed E-state index contributed by atoms with van der Waals surface area (Å²) in [6.45, 7) is 3.64. The van der Waals surface area contributed by atoms with Crippen molar-refractivity contribution in [1.29, 1.82) is 0 Å². The lowest BCUT2D eigenvalue weighted by Gasteiger charge is -2.23. The van der Waals surface area contributed by atoms with Gasteiger partial charge in [0.25, 0.3) is 5.56 Å². The number of carbonyl (C=O) groups is 2. The fourth-order valence-electron chi connectivity index (χ4n) is 3.63. The van der Waals surface area contributed by atoms with Crippen molar-refractivity contribution in [2.45, 2.75) is 58.5 Å². The Bertz CT molecular complexity index is 945. The van der Waals surface area contributed by atoms with Gasteiger partial charge in [-0.3, -0.25) is 9.59 Å². The van der Waals surface area contributed by atoms with E-state index in [1.54, 1.807) is 25.1 Å². The van der Waals surface area contributed by atoms with Crippen molar-refractivity contribution >= 4 is 23.3 Å². The Morgan fingerprint density at radius 1 is 1.03 bits per heavy atom. The SMILES string of the molecule is Cc1cccc(NC(=O)Nc2ccc(C)n(CC(=O)NC3CCCCC3)c2=O)c1. The molecule has 0 aliphatic heterocycles. The van der Waals surface area contributed by atoms with Crippen LogP contribution in [0, 0.1) is 13.8 Å². The highest BCUT2D eigenvalue weighted by Gasteiger charge is 2.17. The summed E-state index contributed by atoms with van der Waals surface area (Å²) in [5, 5.41) is 8.32. The van der Waals surface area contributed by atoms with Gasteiger partial charge in [0, 0.05) is 17.4 Å². The average Bonchev–Trinajstić information content (AvgIpc) is 2.68. The van der Waals surface area contributed by atoms with E-state index in [2.05, 4.69) is 16.0 Å². The largest absolute Gasteiger partial charge is 0.352 e. The molecule has 3 N–H and O–H groups in total. The van der Waals surface area contributed by atoms with Crippen LogP contribution in [0.25, 0.3) is 0 Å². The second-order valence-electron chi connectivity index (χ2n) is 7.63. The number of nitrogens with one attached hydrogen (secondary N) is 3. The number of urea groups is 1. The molecule has 1 aromatic heterocycles. The number of hydrogen-bond acceptors (Lipinski definition) is 3. The molecule has 0 radical (unpaired) electrons. The summed E-state index contributed by atoms with van der Waals surface area (Å²) >= 11 is 0. The van der Waals surface area contributed by atoms with E-state index in [1.165, 1.54) is 11.0 Å². The smallest absolute Gasteiger partial charge is 0.323 e. The molecule has 29 heavy (non-hydrogen) atoms. The average molecular weight is 396 g/mol. The molecule has 0 atom stereocenters. The molecule has 7 heteroatoms. The molecule has 2 aromatic rings. The third-order valence-electron chi connectivity index (χ3n) is 5.19. The minimum Gasteiger partial charge on any atom is -0.352 e. The van der Waals surface area contributed by atoms with Gasteiger partial charge >= 0.3 is 6.03 Å². The predicted molar refractivity (Wildman–Crippen MR) is 114 cm³/mol. The molecule has 1 aromatic carbocycles. The van der Waals surface area contributed by atoms with E-state index < -0.39 is 11.6 Å². The van der Waals surface area contributed by atoms with Gasteiger partial charge in [0.15, 0.2) is 0 Å². The van der Waals surface area contributed by atoms with Gasteiger partial charge in [-0.1, -0.05) is 31.4 Å². The summed E-state index contributed by atoms with van der Waals surface area (Å²) in [7, 11) is 0. The van der Waals surface area contributed by atoms with Crippen LogP contribution in [0.1, 0.15) is 43.4 Å². The van der Waals surface area contributed by atoms with Gasteiger partial charge < -0.3 is 20.5 Å². The van der Waals surface area contributed by atoms with Gasteiger partial charge in [0.1, 0.15) is 12.2 Å². The van der Waals surface area contributed by atoms with Crippen LogP contribution in [0.15, 0.2) is 41.2 Å². The number of anilines is 2. The number of nitrogens with zero attached hydrogens (tertiary/aromatic N) is 1. The molecule has 0 saturated heterocycles. The maximum absolute atomic E-state index is 12.8. The molecule has 1 fully saturated rings. The molecule has 0 bridgehead atoms. The summed E-state index contributed by atoms with van der Waals surface area (Å²) in [4.78, 5) is 37.5. The van der Waals surface area contributed by atoms with E-state index >= 15 is 0 Å². The van der Waals surface area contributed by atoms with E-state index in [0.29, 0.717) is 11.4 Å². The topological polar surface area (TPSA) is 92.2 Å². The minimum atomic E-state index is -0.505. The summed E-state index contributed by atoms with van der Waals surface area (Å²) in [6, 6.07) is 10.3. The highest BCUT2D eigenvalue weighted by molar-refractivity contribution is 5.99. The molecule has 1 aliphatic rings. The Morgan fingerprint density at radius 2 is 1.79 bits per heavy atom. The van der Waals surface area contributed by atoms with Gasteiger partial charge in [-0.25, -0.2) is 4.79 Å². The van der Waals surface area contributed by atoms with Crippen molar-refractivity contribution in [2.75, 3.05) is 10.6 Å². The highest BCUT2D eigenvalue weighted by atomic mass is 16.2. The van der Waals surface area contributed by atoms with Gasteiger partial charge in [-0.2, -0.15) is 0 Å². The molecule has 1 heterocycles. The standard InChI is InChI=1S/C22H28N4O3/c1-15-7-6-10-18(13-15)24-22(29)25-19-12-11-16(2)26(21(19)28)14-20(27)23-17-8-4-3-5-9-17/h6-7,10-13,17H,3-5,8-9,14H2,1-2H3,(H,23,27)(H2,24,25,29). The third-order valence-corrected chi connectivity index (χ3v) is 5.19. The van der Waals surface area contributed by atoms with Crippen LogP contribution in [0.4, 0.5) is 16.2 Å². The van der Waals surface area contributed by atoms with E-state index in [-0.39, 0.29) is 24.2 Å². The van der Waals surface area contributed by atoms with Crippen LogP contribution in [-0.4, -0.2) is 22.5 Å². The zero-order chi connectivity index (χ0) is 20.8. The van der Waals surface area contributed by atoms with E-state index in [0.717, 1.165) is 31.2 Å². The van der Waals surface area contributed by atoms with Crippen LogP contribution >= 0.6 is 0 Å². The first kappa shape index (κ1) is 20.6. The first-order valence-corrected chi connectivity index (χ1v) is 10.1. The summed E-state index contributed by atoms with van der Waals surface area (Å²) < 4.78 is 1.39. The quantitative estimate of drug-likeness (QED) is 0.722. The number of carbonyl (C=O) groups excluding carboxylic acids is 2. The lowest BCUT2D eigenvalue weighted by molar-refractivity contribution is -0.122. The number of rotatable bonds is 5. The Hall–Kier alpha value is -3.09. The molecule has 154 valence electrons. The Labute approximate surface area is 170 Å². The van der Waals surface area contributed by atoms with Crippen molar-refractivity contribution in [3.63, 3.8) is 0 Å². The Balaban J connectivity index is 1.67. The zero-order valence-corrected chi connectivity index (χ0v) is 17.0. The molecule has 0 spiro atoms. The van der Waals surface area contributed by atoms with E-state index in [4.69, 9.17) is 0 Å². The van der Waals surface area contributed by atoms with Crippen LogP contribution < -0.4 is 21.5 Å². The number of amides is 3. The normalized spacial score (nSPS) is 14.3. The zero-order valence-electron chi connectivity index (χ0n) is 17.0. The number of aryl methyl sites for hydroxylation is 2. The monoisotopic (exact) mass is 396 g/mol. The first-order chi connectivity index (χ1) is 13.9. The minimum absolute atomic E-state index is 0.0593. The molecular formula is C22H28N4O3. The molecular weight excluding hydrogens is 368 g/mol. The molecule has 0 unspecified atom stereocenters. The van der Waals surface area contributed by atoms with E-state index in [1.807, 2.05) is 25.1 Å². The number of aromatic nitrogens is 1. The molecule has 3 rings (SSSR count). The summed E-state index contributed by atoms with van der Waals surface area (Å²) in [5.74, 6) is -0.177. The van der Waals surface area contributed by atoms with Crippen LogP contribution in [0.3, 0.4) is 0 Å². The summed E-state index contributed by atoms with van der Waals surface area (Å²) in [6.07, 6.45) is 5.43.